The number of benzene rings is 1. The summed E-state index contributed by atoms with van der Waals surface area (Å²) in [5.41, 5.74) is 1.18. The van der Waals surface area contributed by atoms with E-state index >= 15 is 0 Å². The van der Waals surface area contributed by atoms with Crippen molar-refractivity contribution in [2.45, 2.75) is 45.6 Å². The molecule has 1 fully saturated rings. The number of hydrogen-bond donors (Lipinski definition) is 1. The minimum absolute atomic E-state index is 0.0401. The second-order valence-electron chi connectivity index (χ2n) is 7.32. The highest BCUT2D eigenvalue weighted by Gasteiger charge is 2.28. The van der Waals surface area contributed by atoms with Crippen LogP contribution in [0.5, 0.6) is 0 Å². The zero-order valence-corrected chi connectivity index (χ0v) is 16.1. The molecule has 144 valence electrons. The summed E-state index contributed by atoms with van der Waals surface area (Å²) < 4.78 is 5.58. The molecular weight excluding hydrogens is 340 g/mol. The summed E-state index contributed by atoms with van der Waals surface area (Å²) in [6.45, 7) is 5.13. The Morgan fingerprint density at radius 2 is 1.85 bits per heavy atom. The maximum absolute atomic E-state index is 12.5. The Morgan fingerprint density at radius 3 is 2.48 bits per heavy atom. The van der Waals surface area contributed by atoms with Gasteiger partial charge in [-0.2, -0.15) is 0 Å². The van der Waals surface area contributed by atoms with Crippen LogP contribution in [0.2, 0.25) is 0 Å². The molecule has 27 heavy (non-hydrogen) atoms. The molecule has 1 unspecified atom stereocenters. The third-order valence-electron chi connectivity index (χ3n) is 5.24. The number of piperidine rings is 1. The lowest BCUT2D eigenvalue weighted by Crippen LogP contribution is -2.43. The van der Waals surface area contributed by atoms with Crippen molar-refractivity contribution in [3.63, 3.8) is 0 Å². The Morgan fingerprint density at radius 1 is 1.15 bits per heavy atom. The van der Waals surface area contributed by atoms with E-state index in [0.29, 0.717) is 32.4 Å². The fourth-order valence-corrected chi connectivity index (χ4v) is 3.53. The van der Waals surface area contributed by atoms with Gasteiger partial charge in [-0.3, -0.25) is 9.59 Å². The van der Waals surface area contributed by atoms with Crippen LogP contribution in [0.3, 0.4) is 0 Å². The van der Waals surface area contributed by atoms with E-state index < -0.39 is 0 Å². The van der Waals surface area contributed by atoms with Gasteiger partial charge in [-0.25, -0.2) is 0 Å². The van der Waals surface area contributed by atoms with Gasteiger partial charge in [0.25, 0.3) is 0 Å². The van der Waals surface area contributed by atoms with Crippen molar-refractivity contribution in [3.8, 4) is 0 Å². The average Bonchev–Trinajstić information content (AvgIpc) is 3.13. The molecule has 1 atom stereocenters. The van der Waals surface area contributed by atoms with E-state index in [2.05, 4.69) is 5.32 Å². The number of amides is 2. The van der Waals surface area contributed by atoms with E-state index in [1.54, 1.807) is 0 Å². The zero-order valence-electron chi connectivity index (χ0n) is 16.1. The van der Waals surface area contributed by atoms with E-state index in [1.165, 1.54) is 5.56 Å². The van der Waals surface area contributed by atoms with E-state index in [4.69, 9.17) is 4.42 Å². The number of carbonyl (C=O) groups excluding carboxylic acids is 2. The molecule has 5 nitrogen and oxygen atoms in total. The van der Waals surface area contributed by atoms with E-state index in [9.17, 15) is 9.59 Å². The lowest BCUT2D eigenvalue weighted by molar-refractivity contribution is -0.135. The second-order valence-corrected chi connectivity index (χ2v) is 7.32. The Labute approximate surface area is 160 Å². The fourth-order valence-electron chi connectivity index (χ4n) is 3.53. The first kappa shape index (κ1) is 19.2. The van der Waals surface area contributed by atoms with Gasteiger partial charge in [-0.1, -0.05) is 30.3 Å². The molecule has 0 bridgehead atoms. The number of hydrogen-bond acceptors (Lipinski definition) is 3. The largest absolute Gasteiger partial charge is 0.464 e. The molecule has 0 radical (unpaired) electrons. The molecule has 2 aromatic rings. The van der Waals surface area contributed by atoms with E-state index in [1.807, 2.05) is 61.2 Å². The predicted octanol–water partition coefficient (Wildman–Crippen LogP) is 3.64. The van der Waals surface area contributed by atoms with Gasteiger partial charge in [0.1, 0.15) is 11.5 Å². The van der Waals surface area contributed by atoms with Crippen LogP contribution in [0.1, 0.15) is 49.3 Å². The second kappa shape index (κ2) is 8.89. The third-order valence-corrected chi connectivity index (χ3v) is 5.24. The van der Waals surface area contributed by atoms with E-state index in [0.717, 1.165) is 17.9 Å². The molecule has 0 aliphatic carbocycles. The van der Waals surface area contributed by atoms with Gasteiger partial charge in [-0.05, 0) is 50.8 Å². The van der Waals surface area contributed by atoms with Crippen LogP contribution in [-0.4, -0.2) is 29.8 Å². The summed E-state index contributed by atoms with van der Waals surface area (Å²) in [6, 6.07) is 13.7. The molecule has 2 amide bonds. The van der Waals surface area contributed by atoms with Crippen LogP contribution in [0.15, 0.2) is 46.9 Å². The smallest absolute Gasteiger partial charge is 0.223 e. The van der Waals surface area contributed by atoms with Crippen molar-refractivity contribution in [3.05, 3.63) is 59.5 Å². The number of furan rings is 1. The average molecular weight is 368 g/mol. The van der Waals surface area contributed by atoms with Gasteiger partial charge in [-0.15, -0.1) is 0 Å². The summed E-state index contributed by atoms with van der Waals surface area (Å²) in [5.74, 6) is 1.80. The highest BCUT2D eigenvalue weighted by Crippen LogP contribution is 2.21. The lowest BCUT2D eigenvalue weighted by atomic mass is 9.95. The standard InChI is InChI=1S/C22H28N2O3/c1-16-8-10-20(27-16)17(2)23-22(26)19-12-14-24(15-13-19)21(25)11-9-18-6-4-3-5-7-18/h3-8,10,17,19H,9,11-15H2,1-2H3,(H,23,26). The van der Waals surface area contributed by atoms with Crippen LogP contribution in [0.25, 0.3) is 0 Å². The Bertz CT molecular complexity index is 761. The van der Waals surface area contributed by atoms with Crippen LogP contribution in [-0.2, 0) is 16.0 Å². The van der Waals surface area contributed by atoms with Crippen LogP contribution < -0.4 is 5.32 Å². The fraction of sp³-hybridized carbons (Fsp3) is 0.455. The molecule has 1 N–H and O–H groups in total. The van der Waals surface area contributed by atoms with Crippen molar-refractivity contribution in [1.82, 2.24) is 10.2 Å². The van der Waals surface area contributed by atoms with E-state index in [-0.39, 0.29) is 23.8 Å². The van der Waals surface area contributed by atoms with Crippen molar-refractivity contribution < 1.29 is 14.0 Å². The normalized spacial score (nSPS) is 16.1. The van der Waals surface area contributed by atoms with Crippen molar-refractivity contribution in [1.29, 1.82) is 0 Å². The minimum Gasteiger partial charge on any atom is -0.464 e. The number of aryl methyl sites for hydroxylation is 2. The van der Waals surface area contributed by atoms with Gasteiger partial charge < -0.3 is 14.6 Å². The molecule has 1 saturated heterocycles. The quantitative estimate of drug-likeness (QED) is 0.847. The van der Waals surface area contributed by atoms with Crippen molar-refractivity contribution in [2.75, 3.05) is 13.1 Å². The van der Waals surface area contributed by atoms with Crippen LogP contribution in [0.4, 0.5) is 0 Å². The Hall–Kier alpha value is -2.56. The number of likely N-dealkylation sites (tertiary alicyclic amines) is 1. The Balaban J connectivity index is 1.42. The number of nitrogens with one attached hydrogen (secondary N) is 1. The maximum Gasteiger partial charge on any atom is 0.223 e. The Kier molecular flexibility index (Phi) is 6.32. The summed E-state index contributed by atoms with van der Waals surface area (Å²) in [7, 11) is 0. The third kappa shape index (κ3) is 5.22. The number of carbonyl (C=O) groups is 2. The first-order valence-electron chi connectivity index (χ1n) is 9.71. The molecule has 0 saturated carbocycles. The predicted molar refractivity (Wildman–Crippen MR) is 104 cm³/mol. The summed E-state index contributed by atoms with van der Waals surface area (Å²) in [6.07, 6.45) is 2.72. The first-order chi connectivity index (χ1) is 13.0. The molecule has 1 aromatic heterocycles. The monoisotopic (exact) mass is 368 g/mol. The molecule has 1 aromatic carbocycles. The summed E-state index contributed by atoms with van der Waals surface area (Å²) in [5, 5.41) is 3.03. The van der Waals surface area contributed by atoms with Crippen LogP contribution >= 0.6 is 0 Å². The van der Waals surface area contributed by atoms with Gasteiger partial charge in [0.2, 0.25) is 11.8 Å². The highest BCUT2D eigenvalue weighted by molar-refractivity contribution is 5.80. The summed E-state index contributed by atoms with van der Waals surface area (Å²) >= 11 is 0. The van der Waals surface area contributed by atoms with Gasteiger partial charge in [0, 0.05) is 25.4 Å². The molecule has 1 aliphatic rings. The maximum atomic E-state index is 12.5. The molecule has 1 aliphatic heterocycles. The molecule has 3 rings (SSSR count). The molecular formula is C22H28N2O3. The van der Waals surface area contributed by atoms with Crippen molar-refractivity contribution >= 4 is 11.8 Å². The van der Waals surface area contributed by atoms with Gasteiger partial charge in [0.05, 0.1) is 6.04 Å². The first-order valence-corrected chi connectivity index (χ1v) is 9.71. The number of nitrogens with zero attached hydrogens (tertiary/aromatic N) is 1. The van der Waals surface area contributed by atoms with Gasteiger partial charge in [0.15, 0.2) is 0 Å². The molecule has 2 heterocycles. The SMILES string of the molecule is Cc1ccc(C(C)NC(=O)C2CCN(C(=O)CCc3ccccc3)CC2)o1. The lowest BCUT2D eigenvalue weighted by Gasteiger charge is -2.32. The highest BCUT2D eigenvalue weighted by atomic mass is 16.3. The molecule has 0 spiro atoms. The molecule has 5 heteroatoms. The zero-order chi connectivity index (χ0) is 19.2. The number of rotatable bonds is 6. The minimum atomic E-state index is -0.142. The summed E-state index contributed by atoms with van der Waals surface area (Å²) in [4.78, 5) is 26.8. The van der Waals surface area contributed by atoms with Gasteiger partial charge >= 0.3 is 0 Å². The topological polar surface area (TPSA) is 62.6 Å². The van der Waals surface area contributed by atoms with Crippen molar-refractivity contribution in [2.24, 2.45) is 5.92 Å². The van der Waals surface area contributed by atoms with Crippen LogP contribution in [0, 0.1) is 12.8 Å².